The predicted octanol–water partition coefficient (Wildman–Crippen LogP) is 4.80. The molecule has 0 aliphatic carbocycles. The van der Waals surface area contributed by atoms with Gasteiger partial charge in [-0.25, -0.2) is 9.78 Å². The van der Waals surface area contributed by atoms with Crippen LogP contribution in [0.15, 0.2) is 42.5 Å². The van der Waals surface area contributed by atoms with E-state index >= 15 is 0 Å². The van der Waals surface area contributed by atoms with Crippen LogP contribution < -0.4 is 0 Å². The SMILES string of the molecule is CCC(c1ccccc1)c1nc2c(C)c(C)ccc2c(C(=O)O)c1O. The maximum atomic E-state index is 11.8. The highest BCUT2D eigenvalue weighted by Gasteiger charge is 2.26. The molecule has 1 heterocycles. The van der Waals surface area contributed by atoms with E-state index in [1.807, 2.05) is 57.2 Å². The Kier molecular flexibility index (Phi) is 4.45. The standard InChI is InChI=1S/C21H21NO3/c1-4-15(14-8-6-5-7-9-14)19-20(23)17(21(24)25)16-11-10-12(2)13(3)18(16)22-19/h5-11,15,23H,4H2,1-3H3,(H,24,25). The van der Waals surface area contributed by atoms with Gasteiger partial charge in [0, 0.05) is 11.3 Å². The van der Waals surface area contributed by atoms with Gasteiger partial charge in [0.05, 0.1) is 11.2 Å². The number of carbonyl (C=O) groups is 1. The Labute approximate surface area is 146 Å². The molecule has 2 N–H and O–H groups in total. The fraction of sp³-hybridized carbons (Fsp3) is 0.238. The minimum Gasteiger partial charge on any atom is -0.505 e. The molecule has 0 saturated carbocycles. The maximum absolute atomic E-state index is 11.8. The van der Waals surface area contributed by atoms with Crippen LogP contribution in [-0.2, 0) is 0 Å². The van der Waals surface area contributed by atoms with Crippen LogP contribution in [0.4, 0.5) is 0 Å². The van der Waals surface area contributed by atoms with Crippen LogP contribution in [0.5, 0.6) is 5.75 Å². The molecule has 1 unspecified atom stereocenters. The van der Waals surface area contributed by atoms with Gasteiger partial charge in [0.1, 0.15) is 5.56 Å². The Bertz CT molecular complexity index is 949. The monoisotopic (exact) mass is 335 g/mol. The third-order valence-electron chi connectivity index (χ3n) is 4.84. The molecule has 128 valence electrons. The Balaban J connectivity index is 2.37. The van der Waals surface area contributed by atoms with Crippen molar-refractivity contribution < 1.29 is 15.0 Å². The van der Waals surface area contributed by atoms with Crippen LogP contribution in [0.3, 0.4) is 0 Å². The molecule has 4 nitrogen and oxygen atoms in total. The van der Waals surface area contributed by atoms with E-state index in [4.69, 9.17) is 4.98 Å². The van der Waals surface area contributed by atoms with Crippen molar-refractivity contribution in [3.63, 3.8) is 0 Å². The highest BCUT2D eigenvalue weighted by atomic mass is 16.4. The lowest BCUT2D eigenvalue weighted by atomic mass is 9.89. The average Bonchev–Trinajstić information content (AvgIpc) is 2.60. The van der Waals surface area contributed by atoms with Crippen molar-refractivity contribution in [1.82, 2.24) is 4.98 Å². The smallest absolute Gasteiger partial charge is 0.340 e. The minimum absolute atomic E-state index is 0.0718. The lowest BCUT2D eigenvalue weighted by molar-refractivity contribution is 0.0695. The summed E-state index contributed by atoms with van der Waals surface area (Å²) in [6, 6.07) is 13.3. The van der Waals surface area contributed by atoms with Crippen LogP contribution in [0.2, 0.25) is 0 Å². The minimum atomic E-state index is -1.14. The molecule has 0 bridgehead atoms. The molecule has 1 atom stereocenters. The van der Waals surface area contributed by atoms with Gasteiger partial charge in [0.2, 0.25) is 0 Å². The number of carboxylic acids is 1. The van der Waals surface area contributed by atoms with Gasteiger partial charge in [0.25, 0.3) is 0 Å². The lowest BCUT2D eigenvalue weighted by Crippen LogP contribution is -2.09. The van der Waals surface area contributed by atoms with E-state index in [0.717, 1.165) is 16.7 Å². The summed E-state index contributed by atoms with van der Waals surface area (Å²) in [6.07, 6.45) is 0.708. The molecule has 25 heavy (non-hydrogen) atoms. The van der Waals surface area contributed by atoms with E-state index in [1.165, 1.54) is 0 Å². The highest BCUT2D eigenvalue weighted by molar-refractivity contribution is 6.06. The number of rotatable bonds is 4. The lowest BCUT2D eigenvalue weighted by Gasteiger charge is -2.19. The van der Waals surface area contributed by atoms with Gasteiger partial charge in [-0.1, -0.05) is 49.4 Å². The van der Waals surface area contributed by atoms with E-state index in [-0.39, 0.29) is 17.2 Å². The van der Waals surface area contributed by atoms with Crippen molar-refractivity contribution in [1.29, 1.82) is 0 Å². The zero-order valence-corrected chi connectivity index (χ0v) is 14.6. The summed E-state index contributed by atoms with van der Waals surface area (Å²) in [5, 5.41) is 20.9. The fourth-order valence-electron chi connectivity index (χ4n) is 3.31. The molecule has 0 spiro atoms. The number of hydrogen-bond donors (Lipinski definition) is 2. The third-order valence-corrected chi connectivity index (χ3v) is 4.84. The molecular weight excluding hydrogens is 314 g/mol. The largest absolute Gasteiger partial charge is 0.505 e. The molecule has 2 aromatic carbocycles. The van der Waals surface area contributed by atoms with Crippen molar-refractivity contribution in [3.8, 4) is 5.75 Å². The molecule has 0 saturated heterocycles. The van der Waals surface area contributed by atoms with Gasteiger partial charge in [-0.3, -0.25) is 0 Å². The number of benzene rings is 2. The van der Waals surface area contributed by atoms with Gasteiger partial charge in [-0.05, 0) is 37.0 Å². The van der Waals surface area contributed by atoms with Gasteiger partial charge in [-0.2, -0.15) is 0 Å². The van der Waals surface area contributed by atoms with Crippen molar-refractivity contribution >= 4 is 16.9 Å². The van der Waals surface area contributed by atoms with Crippen LogP contribution >= 0.6 is 0 Å². The van der Waals surface area contributed by atoms with Crippen LogP contribution in [0.1, 0.15) is 52.0 Å². The first kappa shape index (κ1) is 17.0. The Morgan fingerprint density at radius 3 is 2.40 bits per heavy atom. The zero-order valence-electron chi connectivity index (χ0n) is 14.6. The Morgan fingerprint density at radius 1 is 1.12 bits per heavy atom. The molecule has 3 aromatic rings. The van der Waals surface area contributed by atoms with Crippen molar-refractivity contribution in [2.75, 3.05) is 0 Å². The number of aromatic carboxylic acids is 1. The number of aromatic nitrogens is 1. The molecule has 0 aliphatic heterocycles. The fourth-order valence-corrected chi connectivity index (χ4v) is 3.31. The van der Waals surface area contributed by atoms with E-state index in [2.05, 4.69) is 0 Å². The highest BCUT2D eigenvalue weighted by Crippen LogP contribution is 2.38. The van der Waals surface area contributed by atoms with E-state index in [1.54, 1.807) is 6.07 Å². The second kappa shape index (κ2) is 6.55. The van der Waals surface area contributed by atoms with E-state index in [0.29, 0.717) is 23.0 Å². The molecule has 4 heteroatoms. The Hall–Kier alpha value is -2.88. The molecule has 0 radical (unpaired) electrons. The van der Waals surface area contributed by atoms with Crippen LogP contribution in [-0.4, -0.2) is 21.2 Å². The van der Waals surface area contributed by atoms with Gasteiger partial charge in [0.15, 0.2) is 5.75 Å². The molecule has 0 fully saturated rings. The number of carboxylic acid groups (broad SMARTS) is 1. The van der Waals surface area contributed by atoms with Crippen molar-refractivity contribution in [2.45, 2.75) is 33.1 Å². The summed E-state index contributed by atoms with van der Waals surface area (Å²) in [5.74, 6) is -1.54. The molecule has 1 aromatic heterocycles. The second-order valence-electron chi connectivity index (χ2n) is 6.30. The number of pyridine rings is 1. The van der Waals surface area contributed by atoms with E-state index in [9.17, 15) is 15.0 Å². The van der Waals surface area contributed by atoms with Gasteiger partial charge >= 0.3 is 5.97 Å². The number of hydrogen-bond acceptors (Lipinski definition) is 3. The van der Waals surface area contributed by atoms with Gasteiger partial charge < -0.3 is 10.2 Å². The summed E-state index contributed by atoms with van der Waals surface area (Å²) >= 11 is 0. The summed E-state index contributed by atoms with van der Waals surface area (Å²) in [6.45, 7) is 5.91. The number of aromatic hydroxyl groups is 1. The molecule has 0 aliphatic rings. The van der Waals surface area contributed by atoms with E-state index < -0.39 is 5.97 Å². The maximum Gasteiger partial charge on any atom is 0.340 e. The summed E-state index contributed by atoms with van der Waals surface area (Å²) < 4.78 is 0. The molecular formula is C21H21NO3. The van der Waals surface area contributed by atoms with Crippen LogP contribution in [0.25, 0.3) is 10.9 Å². The first-order chi connectivity index (χ1) is 12.0. The predicted molar refractivity (Wildman–Crippen MR) is 98.4 cm³/mol. The number of nitrogens with zero attached hydrogens (tertiary/aromatic N) is 1. The summed E-state index contributed by atoms with van der Waals surface area (Å²) in [5.41, 5.74) is 3.98. The first-order valence-corrected chi connectivity index (χ1v) is 8.36. The van der Waals surface area contributed by atoms with Crippen LogP contribution in [0, 0.1) is 13.8 Å². The zero-order chi connectivity index (χ0) is 18.1. The number of aryl methyl sites for hydroxylation is 2. The third kappa shape index (κ3) is 2.84. The quantitative estimate of drug-likeness (QED) is 0.718. The van der Waals surface area contributed by atoms with Crippen molar-refractivity contribution in [2.24, 2.45) is 0 Å². The number of fused-ring (bicyclic) bond motifs is 1. The van der Waals surface area contributed by atoms with Gasteiger partial charge in [-0.15, -0.1) is 0 Å². The molecule has 3 rings (SSSR count). The summed E-state index contributed by atoms with van der Waals surface area (Å²) in [4.78, 5) is 16.6. The Morgan fingerprint density at radius 2 is 1.80 bits per heavy atom. The first-order valence-electron chi connectivity index (χ1n) is 8.36. The second-order valence-corrected chi connectivity index (χ2v) is 6.30. The average molecular weight is 335 g/mol. The van der Waals surface area contributed by atoms with Crippen molar-refractivity contribution in [3.05, 3.63) is 70.4 Å². The molecule has 0 amide bonds. The normalized spacial score (nSPS) is 12.3. The summed E-state index contributed by atoms with van der Waals surface area (Å²) in [7, 11) is 0. The topological polar surface area (TPSA) is 70.4 Å².